The average molecular weight is 984 g/mol. The first-order chi connectivity index (χ1) is 24.6. The molecule has 268 valence electrons. The van der Waals surface area contributed by atoms with Crippen molar-refractivity contribution >= 4 is 94.1 Å². The molecule has 0 radical (unpaired) electrons. The van der Waals surface area contributed by atoms with E-state index < -0.39 is 15.8 Å². The SMILES string of the molecule is ClCCl.ClCCl.O=N[O-].O=N[O-].[Pt+2].c1ccc([PH+](c2ccccc2)c2ccccc2)cc1.c1ccc([PH+](c2ccccc2)c2ccccc2)cc1. The maximum absolute atomic E-state index is 8.00. The number of halogens is 4. The van der Waals surface area contributed by atoms with Crippen LogP contribution in [0.5, 0.6) is 0 Å². The number of hydrogen-bond acceptors (Lipinski definition) is 6. The van der Waals surface area contributed by atoms with Crippen molar-refractivity contribution in [1.82, 2.24) is 0 Å². The molecule has 6 nitrogen and oxygen atoms in total. The number of alkyl halides is 4. The molecule has 6 aromatic carbocycles. The van der Waals surface area contributed by atoms with Gasteiger partial charge >= 0.3 is 21.1 Å². The normalized spacial score (nSPS) is 9.06. The molecule has 0 heterocycles. The summed E-state index contributed by atoms with van der Waals surface area (Å²) < 4.78 is 0. The smallest absolute Gasteiger partial charge is 0.444 e. The molecular formula is C38H36Cl4N2O4P2Pt+2. The zero-order valence-electron chi connectivity index (χ0n) is 27.1. The Morgan fingerprint density at radius 2 is 0.451 bits per heavy atom. The Morgan fingerprint density at radius 3 is 0.549 bits per heavy atom. The van der Waals surface area contributed by atoms with Gasteiger partial charge in [0.2, 0.25) is 0 Å². The van der Waals surface area contributed by atoms with Crippen LogP contribution in [0, 0.1) is 20.2 Å². The van der Waals surface area contributed by atoms with Gasteiger partial charge in [0.05, 0.1) is 26.5 Å². The fourth-order valence-corrected chi connectivity index (χ4v) is 9.78. The van der Waals surface area contributed by atoms with Crippen LogP contribution in [0.3, 0.4) is 0 Å². The predicted molar refractivity (Wildman–Crippen MR) is 225 cm³/mol. The van der Waals surface area contributed by atoms with Crippen molar-refractivity contribution < 1.29 is 21.1 Å². The van der Waals surface area contributed by atoms with Gasteiger partial charge in [0.1, 0.15) is 31.8 Å². The fraction of sp³-hybridized carbons (Fsp3) is 0.0526. The Kier molecular flexibility index (Phi) is 30.7. The van der Waals surface area contributed by atoms with Gasteiger partial charge in [-0.05, 0) is 72.8 Å². The zero-order valence-corrected chi connectivity index (χ0v) is 34.4. The molecule has 6 aromatic rings. The van der Waals surface area contributed by atoms with Crippen LogP contribution in [0.15, 0.2) is 193 Å². The molecule has 6 rings (SSSR count). The third-order valence-electron chi connectivity index (χ3n) is 6.37. The minimum Gasteiger partial charge on any atom is -0.444 e. The average Bonchev–Trinajstić information content (AvgIpc) is 3.16. The van der Waals surface area contributed by atoms with Crippen molar-refractivity contribution in [3.63, 3.8) is 0 Å². The first-order valence-corrected chi connectivity index (χ1v) is 19.9. The Labute approximate surface area is 336 Å². The second-order valence-corrected chi connectivity index (χ2v) is 15.9. The van der Waals surface area contributed by atoms with E-state index in [9.17, 15) is 0 Å². The predicted octanol–water partition coefficient (Wildman–Crippen LogP) is 9.70. The van der Waals surface area contributed by atoms with E-state index in [1.807, 2.05) is 0 Å². The summed E-state index contributed by atoms with van der Waals surface area (Å²) in [6, 6.07) is 65.0. The van der Waals surface area contributed by atoms with Gasteiger partial charge in [0.15, 0.2) is 0 Å². The van der Waals surface area contributed by atoms with Gasteiger partial charge in [-0.3, -0.25) is 0 Å². The number of nitrogens with zero attached hydrogens (tertiary/aromatic N) is 2. The molecule has 0 unspecified atom stereocenters. The van der Waals surface area contributed by atoms with Crippen molar-refractivity contribution in [3.8, 4) is 0 Å². The molecule has 0 fully saturated rings. The first-order valence-electron chi connectivity index (χ1n) is 14.8. The van der Waals surface area contributed by atoms with Crippen molar-refractivity contribution in [2.75, 3.05) is 10.7 Å². The maximum Gasteiger partial charge on any atom is 2.00 e. The van der Waals surface area contributed by atoms with Crippen LogP contribution in [0.1, 0.15) is 0 Å². The summed E-state index contributed by atoms with van der Waals surface area (Å²) in [5.74, 6) is 0. The van der Waals surface area contributed by atoms with E-state index in [2.05, 4.69) is 182 Å². The standard InChI is InChI=1S/2C18H15P.2CH2Cl2.2HNO2.Pt/c2*1-4-10-16(11-5-1)19(17-12-6-2-7-13-17)18-14-8-3-9-15-18;4*2-1-3;/h2*1-15H;2*1H2;2*(H,2,3);/q;;;;;;+2. The van der Waals surface area contributed by atoms with E-state index in [0.29, 0.717) is 0 Å². The summed E-state index contributed by atoms with van der Waals surface area (Å²) in [7, 11) is -1.75. The van der Waals surface area contributed by atoms with E-state index in [-0.39, 0.29) is 31.7 Å². The van der Waals surface area contributed by atoms with Crippen LogP contribution in [0.2, 0.25) is 0 Å². The third-order valence-corrected chi connectivity index (χ3v) is 11.8. The van der Waals surface area contributed by atoms with Gasteiger partial charge in [-0.15, -0.1) is 57.1 Å². The minimum absolute atomic E-state index is 0. The molecule has 51 heavy (non-hydrogen) atoms. The molecule has 0 aliphatic heterocycles. The molecule has 13 heteroatoms. The van der Waals surface area contributed by atoms with Crippen LogP contribution in [-0.4, -0.2) is 10.7 Å². The van der Waals surface area contributed by atoms with E-state index in [4.69, 9.17) is 66.6 Å². The molecule has 0 bridgehead atoms. The van der Waals surface area contributed by atoms with Gasteiger partial charge < -0.3 is 20.2 Å². The Hall–Kier alpha value is -3.17. The van der Waals surface area contributed by atoms with Crippen molar-refractivity contribution in [2.24, 2.45) is 10.7 Å². The Bertz CT molecular complexity index is 1350. The van der Waals surface area contributed by atoms with Crippen LogP contribution in [-0.2, 0) is 21.1 Å². The number of hydrogen-bond donors (Lipinski definition) is 0. The molecule has 0 N–H and O–H groups in total. The van der Waals surface area contributed by atoms with E-state index >= 15 is 0 Å². The molecule has 0 saturated heterocycles. The van der Waals surface area contributed by atoms with Crippen LogP contribution < -0.4 is 31.8 Å². The van der Waals surface area contributed by atoms with Crippen LogP contribution in [0.25, 0.3) is 0 Å². The quantitative estimate of drug-likeness (QED) is 0.0718. The topological polar surface area (TPSA) is 105 Å². The second kappa shape index (κ2) is 32.7. The summed E-state index contributed by atoms with van der Waals surface area (Å²) >= 11 is 19.1. The molecule has 0 aliphatic carbocycles. The molecular weight excluding hydrogens is 947 g/mol. The summed E-state index contributed by atoms with van der Waals surface area (Å²) in [5.41, 5.74) is 0. The molecule has 0 amide bonds. The largest absolute Gasteiger partial charge is 2.00 e. The summed E-state index contributed by atoms with van der Waals surface area (Å²) in [4.78, 5) is 16.0. The summed E-state index contributed by atoms with van der Waals surface area (Å²) in [5, 5.41) is 27.0. The second-order valence-electron chi connectivity index (χ2n) is 9.30. The van der Waals surface area contributed by atoms with E-state index in [1.54, 1.807) is 0 Å². The monoisotopic (exact) mass is 981 g/mol. The molecule has 0 spiro atoms. The number of rotatable bonds is 6. The Morgan fingerprint density at radius 1 is 0.353 bits per heavy atom. The minimum atomic E-state index is -0.877. The van der Waals surface area contributed by atoms with Crippen molar-refractivity contribution in [1.29, 1.82) is 0 Å². The van der Waals surface area contributed by atoms with Crippen molar-refractivity contribution in [2.45, 2.75) is 0 Å². The van der Waals surface area contributed by atoms with Gasteiger partial charge in [-0.1, -0.05) is 109 Å². The van der Waals surface area contributed by atoms with Gasteiger partial charge in [0.25, 0.3) is 0 Å². The summed E-state index contributed by atoms with van der Waals surface area (Å²) in [6.45, 7) is 0. The van der Waals surface area contributed by atoms with E-state index in [1.165, 1.54) is 31.8 Å². The van der Waals surface area contributed by atoms with Gasteiger partial charge in [-0.2, -0.15) is 0 Å². The maximum atomic E-state index is 8.00. The van der Waals surface area contributed by atoms with Gasteiger partial charge in [-0.25, -0.2) is 0 Å². The third kappa shape index (κ3) is 19.9. The Balaban J connectivity index is 0.000000740. The molecule has 0 atom stereocenters. The molecule has 0 aromatic heterocycles. The molecule has 0 aliphatic rings. The van der Waals surface area contributed by atoms with E-state index in [0.717, 1.165) is 10.7 Å². The van der Waals surface area contributed by atoms with Gasteiger partial charge in [0, 0.05) is 0 Å². The molecule has 0 saturated carbocycles. The first kappa shape index (κ1) is 47.8. The van der Waals surface area contributed by atoms with Crippen LogP contribution >= 0.6 is 62.2 Å². The zero-order chi connectivity index (χ0) is 36.7. The van der Waals surface area contributed by atoms with Crippen LogP contribution in [0.4, 0.5) is 0 Å². The fourth-order valence-electron chi connectivity index (χ4n) is 4.63. The van der Waals surface area contributed by atoms with Crippen molar-refractivity contribution in [3.05, 3.63) is 202 Å². The number of benzene rings is 6. The summed E-state index contributed by atoms with van der Waals surface area (Å²) in [6.07, 6.45) is 0.